The number of hydrogen-bond acceptors (Lipinski definition) is 5. The average molecular weight is 332 g/mol. The number of hydrogen-bond donors (Lipinski definition) is 1. The van der Waals surface area contributed by atoms with Crippen molar-refractivity contribution in [2.45, 2.75) is 19.8 Å². The van der Waals surface area contributed by atoms with Gasteiger partial charge in [-0.15, -0.1) is 5.10 Å². The summed E-state index contributed by atoms with van der Waals surface area (Å²) in [6.45, 7) is 2.71. The Labute approximate surface area is 141 Å². The largest absolute Gasteiger partial charge is 0.497 e. The SMILES string of the molecule is CCCCOc1ccnnc1N(C(N)=S)c1ccc(OC)cc1. The number of anilines is 2. The van der Waals surface area contributed by atoms with Crippen molar-refractivity contribution in [3.8, 4) is 11.5 Å². The van der Waals surface area contributed by atoms with Gasteiger partial charge in [-0.25, -0.2) is 0 Å². The minimum absolute atomic E-state index is 0.163. The first kappa shape index (κ1) is 17.0. The number of methoxy groups -OCH3 is 1. The van der Waals surface area contributed by atoms with Crippen molar-refractivity contribution in [3.05, 3.63) is 36.5 Å². The number of nitrogens with two attached hydrogens (primary N) is 1. The molecular formula is C16H20N4O2S. The molecule has 1 aromatic carbocycles. The molecule has 0 saturated heterocycles. The molecule has 2 N–H and O–H groups in total. The van der Waals surface area contributed by atoms with Crippen LogP contribution in [0.1, 0.15) is 19.8 Å². The summed E-state index contributed by atoms with van der Waals surface area (Å²) in [6, 6.07) is 9.11. The highest BCUT2D eigenvalue weighted by molar-refractivity contribution is 7.80. The standard InChI is InChI=1S/C16H20N4O2S/c1-3-4-11-22-14-9-10-18-19-15(14)20(16(17)23)12-5-7-13(21-2)8-6-12/h5-10H,3-4,11H2,1-2H3,(H2,17,23). The lowest BCUT2D eigenvalue weighted by molar-refractivity contribution is 0.309. The molecular weight excluding hydrogens is 312 g/mol. The summed E-state index contributed by atoms with van der Waals surface area (Å²) >= 11 is 5.19. The van der Waals surface area contributed by atoms with E-state index in [0.29, 0.717) is 18.2 Å². The Morgan fingerprint density at radius 3 is 2.61 bits per heavy atom. The molecule has 0 spiro atoms. The minimum Gasteiger partial charge on any atom is -0.497 e. The molecule has 1 heterocycles. The van der Waals surface area contributed by atoms with E-state index in [9.17, 15) is 0 Å². The lowest BCUT2D eigenvalue weighted by atomic mass is 10.2. The number of ether oxygens (including phenoxy) is 2. The van der Waals surface area contributed by atoms with E-state index >= 15 is 0 Å². The molecule has 122 valence electrons. The molecule has 7 heteroatoms. The molecule has 6 nitrogen and oxygen atoms in total. The van der Waals surface area contributed by atoms with Gasteiger partial charge < -0.3 is 15.2 Å². The first-order valence-electron chi connectivity index (χ1n) is 7.35. The van der Waals surface area contributed by atoms with Crippen molar-refractivity contribution in [2.24, 2.45) is 5.73 Å². The molecule has 0 aliphatic heterocycles. The van der Waals surface area contributed by atoms with Gasteiger partial charge in [0.1, 0.15) is 5.75 Å². The maximum Gasteiger partial charge on any atom is 0.204 e. The van der Waals surface area contributed by atoms with Gasteiger partial charge in [0.05, 0.1) is 25.6 Å². The molecule has 2 rings (SSSR count). The normalized spacial score (nSPS) is 10.2. The van der Waals surface area contributed by atoms with Crippen molar-refractivity contribution in [3.63, 3.8) is 0 Å². The molecule has 23 heavy (non-hydrogen) atoms. The number of nitrogens with zero attached hydrogens (tertiary/aromatic N) is 3. The van der Waals surface area contributed by atoms with Crippen molar-refractivity contribution in [2.75, 3.05) is 18.6 Å². The van der Waals surface area contributed by atoms with Crippen molar-refractivity contribution in [1.29, 1.82) is 0 Å². The Kier molecular flexibility index (Phi) is 6.10. The lowest BCUT2D eigenvalue weighted by Crippen LogP contribution is -2.32. The van der Waals surface area contributed by atoms with Crippen molar-refractivity contribution in [1.82, 2.24) is 10.2 Å². The average Bonchev–Trinajstić information content (AvgIpc) is 2.57. The lowest BCUT2D eigenvalue weighted by Gasteiger charge is -2.23. The van der Waals surface area contributed by atoms with Crippen LogP contribution in [0.5, 0.6) is 11.5 Å². The summed E-state index contributed by atoms with van der Waals surface area (Å²) in [5.74, 6) is 1.81. The zero-order chi connectivity index (χ0) is 16.7. The van der Waals surface area contributed by atoms with E-state index in [1.54, 1.807) is 24.3 Å². The van der Waals surface area contributed by atoms with E-state index in [0.717, 1.165) is 24.3 Å². The summed E-state index contributed by atoms with van der Waals surface area (Å²) in [5, 5.41) is 8.24. The van der Waals surface area contributed by atoms with Gasteiger partial charge in [-0.3, -0.25) is 4.90 Å². The first-order chi connectivity index (χ1) is 11.2. The van der Waals surface area contributed by atoms with Gasteiger partial charge in [0.25, 0.3) is 0 Å². The predicted molar refractivity (Wildman–Crippen MR) is 94.4 cm³/mol. The predicted octanol–water partition coefficient (Wildman–Crippen LogP) is 3.05. The van der Waals surface area contributed by atoms with Crippen LogP contribution < -0.4 is 20.1 Å². The van der Waals surface area contributed by atoms with E-state index < -0.39 is 0 Å². The van der Waals surface area contributed by atoms with Gasteiger partial charge in [-0.1, -0.05) is 13.3 Å². The molecule has 0 radical (unpaired) electrons. The molecule has 0 fully saturated rings. The Morgan fingerprint density at radius 2 is 2.00 bits per heavy atom. The van der Waals surface area contributed by atoms with Crippen LogP contribution in [-0.2, 0) is 0 Å². The highest BCUT2D eigenvalue weighted by atomic mass is 32.1. The molecule has 0 bridgehead atoms. The Morgan fingerprint density at radius 1 is 1.26 bits per heavy atom. The summed E-state index contributed by atoms with van der Waals surface area (Å²) in [7, 11) is 1.61. The van der Waals surface area contributed by atoms with Crippen LogP contribution >= 0.6 is 12.2 Å². The minimum atomic E-state index is 0.163. The van der Waals surface area contributed by atoms with Gasteiger partial charge >= 0.3 is 0 Å². The number of unbranched alkanes of at least 4 members (excludes halogenated alkanes) is 1. The highest BCUT2D eigenvalue weighted by Crippen LogP contribution is 2.32. The topological polar surface area (TPSA) is 73.5 Å². The number of thiocarbonyl (C=S) groups is 1. The number of aromatic nitrogens is 2. The zero-order valence-corrected chi connectivity index (χ0v) is 14.0. The van der Waals surface area contributed by atoms with Crippen LogP contribution in [0, 0.1) is 0 Å². The molecule has 0 aliphatic rings. The fourth-order valence-electron chi connectivity index (χ4n) is 1.99. The van der Waals surface area contributed by atoms with Crippen LogP contribution in [0.3, 0.4) is 0 Å². The third kappa shape index (κ3) is 4.29. The molecule has 1 aromatic heterocycles. The van der Waals surface area contributed by atoms with E-state index in [-0.39, 0.29) is 5.11 Å². The Bertz CT molecular complexity index is 649. The fourth-order valence-corrected chi connectivity index (χ4v) is 2.18. The smallest absolute Gasteiger partial charge is 0.204 e. The molecule has 0 aliphatic carbocycles. The van der Waals surface area contributed by atoms with E-state index in [4.69, 9.17) is 27.4 Å². The second-order valence-electron chi connectivity index (χ2n) is 4.79. The quantitative estimate of drug-likeness (QED) is 0.617. The summed E-state index contributed by atoms with van der Waals surface area (Å²) < 4.78 is 11.0. The molecule has 0 atom stereocenters. The van der Waals surface area contributed by atoms with Crippen molar-refractivity contribution >= 4 is 28.8 Å². The van der Waals surface area contributed by atoms with Crippen LogP contribution in [-0.4, -0.2) is 29.0 Å². The Hall–Kier alpha value is -2.41. The first-order valence-corrected chi connectivity index (χ1v) is 7.76. The monoisotopic (exact) mass is 332 g/mol. The van der Waals surface area contributed by atoms with Crippen LogP contribution in [0.15, 0.2) is 36.5 Å². The molecule has 0 amide bonds. The third-order valence-electron chi connectivity index (χ3n) is 3.18. The van der Waals surface area contributed by atoms with Crippen molar-refractivity contribution < 1.29 is 9.47 Å². The highest BCUT2D eigenvalue weighted by Gasteiger charge is 2.19. The van der Waals surface area contributed by atoms with Crippen LogP contribution in [0.2, 0.25) is 0 Å². The second kappa shape index (κ2) is 8.28. The van der Waals surface area contributed by atoms with Gasteiger partial charge in [-0.2, -0.15) is 5.10 Å². The van der Waals surface area contributed by atoms with E-state index in [2.05, 4.69) is 17.1 Å². The molecule has 0 saturated carbocycles. The van der Waals surface area contributed by atoms with Crippen LogP contribution in [0.25, 0.3) is 0 Å². The molecule has 0 unspecified atom stereocenters. The van der Waals surface area contributed by atoms with Crippen LogP contribution in [0.4, 0.5) is 11.5 Å². The van der Waals surface area contributed by atoms with Gasteiger partial charge in [0.2, 0.25) is 5.82 Å². The summed E-state index contributed by atoms with van der Waals surface area (Å²) in [5.41, 5.74) is 6.66. The maximum absolute atomic E-state index is 5.90. The fraction of sp³-hybridized carbons (Fsp3) is 0.312. The van der Waals surface area contributed by atoms with Gasteiger partial charge in [-0.05, 0) is 42.9 Å². The van der Waals surface area contributed by atoms with E-state index in [1.165, 1.54) is 0 Å². The Balaban J connectivity index is 2.35. The van der Waals surface area contributed by atoms with Gasteiger partial charge in [0.15, 0.2) is 10.9 Å². The second-order valence-corrected chi connectivity index (χ2v) is 5.21. The molecule has 2 aromatic rings. The summed E-state index contributed by atoms with van der Waals surface area (Å²) in [4.78, 5) is 1.63. The van der Waals surface area contributed by atoms with E-state index in [1.807, 2.05) is 24.3 Å². The number of rotatable bonds is 7. The third-order valence-corrected chi connectivity index (χ3v) is 3.37. The maximum atomic E-state index is 5.90. The zero-order valence-electron chi connectivity index (χ0n) is 13.2. The van der Waals surface area contributed by atoms with Gasteiger partial charge in [0, 0.05) is 6.07 Å². The summed E-state index contributed by atoms with van der Waals surface area (Å²) in [6.07, 6.45) is 3.58. The number of benzene rings is 1.